The largest absolute Gasteiger partial charge is 0.371 e. The maximum Gasteiger partial charge on any atom is 0.0621 e. The average molecular weight is 269 g/mol. The van der Waals surface area contributed by atoms with E-state index in [0.29, 0.717) is 0 Å². The van der Waals surface area contributed by atoms with Crippen LogP contribution in [0.25, 0.3) is 0 Å². The molecule has 1 aliphatic rings. The molecule has 3 heteroatoms. The Balaban J connectivity index is 2.23. The van der Waals surface area contributed by atoms with Crippen LogP contribution in [0.3, 0.4) is 0 Å². The molecule has 0 unspecified atom stereocenters. The lowest BCUT2D eigenvalue weighted by molar-refractivity contribution is 0.726. The summed E-state index contributed by atoms with van der Waals surface area (Å²) in [6.45, 7) is 4.41. The third-order valence-electron chi connectivity index (χ3n) is 2.99. The minimum Gasteiger partial charge on any atom is -0.371 e. The Labute approximate surface area is 99.8 Å². The van der Waals surface area contributed by atoms with Crippen LogP contribution in [0, 0.1) is 6.92 Å². The van der Waals surface area contributed by atoms with Crippen LogP contribution in [0.1, 0.15) is 31.4 Å². The Hall–Kier alpha value is -0.570. The molecule has 0 bridgehead atoms. The van der Waals surface area contributed by atoms with Gasteiger partial charge in [0.2, 0.25) is 0 Å². The van der Waals surface area contributed by atoms with Gasteiger partial charge in [0.25, 0.3) is 0 Å². The van der Waals surface area contributed by atoms with Gasteiger partial charge in [-0.05, 0) is 41.8 Å². The summed E-state index contributed by atoms with van der Waals surface area (Å²) in [5.74, 6) is 0. The summed E-state index contributed by atoms with van der Waals surface area (Å²) < 4.78 is 1.16. The van der Waals surface area contributed by atoms with Gasteiger partial charge in [0.1, 0.15) is 0 Å². The molecule has 0 atom stereocenters. The number of nitrogens with zero attached hydrogens (tertiary/aromatic N) is 2. The monoisotopic (exact) mass is 268 g/mol. The van der Waals surface area contributed by atoms with Gasteiger partial charge in [0.05, 0.1) is 15.9 Å². The van der Waals surface area contributed by atoms with Gasteiger partial charge < -0.3 is 4.90 Å². The van der Waals surface area contributed by atoms with E-state index in [2.05, 4.69) is 31.9 Å². The number of rotatable bonds is 1. The molecule has 1 aromatic heterocycles. The van der Waals surface area contributed by atoms with Crippen LogP contribution in [0.15, 0.2) is 16.7 Å². The minimum atomic E-state index is 1.08. The van der Waals surface area contributed by atoms with Gasteiger partial charge in [-0.2, -0.15) is 0 Å². The maximum absolute atomic E-state index is 4.28. The quantitative estimate of drug-likeness (QED) is 0.775. The topological polar surface area (TPSA) is 16.1 Å². The Bertz CT molecular complexity index is 330. The second-order valence-electron chi connectivity index (χ2n) is 4.13. The molecule has 1 aromatic rings. The molecule has 15 heavy (non-hydrogen) atoms. The predicted octanol–water partition coefficient (Wildman–Crippen LogP) is 3.53. The van der Waals surface area contributed by atoms with Gasteiger partial charge in [-0.25, -0.2) is 0 Å². The molecular formula is C12H17BrN2. The van der Waals surface area contributed by atoms with Crippen LogP contribution in [-0.4, -0.2) is 18.1 Å². The van der Waals surface area contributed by atoms with Gasteiger partial charge >= 0.3 is 0 Å². The number of hydrogen-bond acceptors (Lipinski definition) is 2. The van der Waals surface area contributed by atoms with E-state index in [1.807, 2.05) is 13.1 Å². The van der Waals surface area contributed by atoms with E-state index in [-0.39, 0.29) is 0 Å². The Morgan fingerprint density at radius 2 is 1.87 bits per heavy atom. The predicted molar refractivity (Wildman–Crippen MR) is 67.4 cm³/mol. The van der Waals surface area contributed by atoms with Crippen LogP contribution >= 0.6 is 15.9 Å². The third-order valence-corrected chi connectivity index (χ3v) is 3.97. The van der Waals surface area contributed by atoms with Gasteiger partial charge in [-0.1, -0.05) is 12.8 Å². The minimum absolute atomic E-state index is 1.08. The fourth-order valence-electron chi connectivity index (χ4n) is 2.09. The zero-order chi connectivity index (χ0) is 10.7. The normalized spacial score (nSPS) is 17.6. The fourth-order valence-corrected chi connectivity index (χ4v) is 2.58. The van der Waals surface area contributed by atoms with Crippen LogP contribution in [0.2, 0.25) is 0 Å². The number of aryl methyl sites for hydroxylation is 1. The molecule has 0 saturated carbocycles. The first-order chi connectivity index (χ1) is 7.29. The Morgan fingerprint density at radius 3 is 2.53 bits per heavy atom. The Morgan fingerprint density at radius 1 is 1.20 bits per heavy atom. The summed E-state index contributed by atoms with van der Waals surface area (Å²) in [6.07, 6.45) is 7.28. The molecule has 1 aliphatic heterocycles. The van der Waals surface area contributed by atoms with Crippen molar-refractivity contribution in [3.63, 3.8) is 0 Å². The zero-order valence-corrected chi connectivity index (χ0v) is 10.8. The third kappa shape index (κ3) is 2.51. The molecule has 0 aromatic carbocycles. The summed E-state index contributed by atoms with van der Waals surface area (Å²) in [4.78, 5) is 6.76. The van der Waals surface area contributed by atoms with Crippen molar-refractivity contribution in [1.29, 1.82) is 0 Å². The molecule has 2 rings (SSSR count). The first kappa shape index (κ1) is 10.9. The van der Waals surface area contributed by atoms with Crippen molar-refractivity contribution in [2.24, 2.45) is 0 Å². The van der Waals surface area contributed by atoms with E-state index < -0.39 is 0 Å². The highest BCUT2D eigenvalue weighted by Gasteiger charge is 2.13. The molecule has 0 N–H and O–H groups in total. The van der Waals surface area contributed by atoms with Crippen molar-refractivity contribution in [3.05, 3.63) is 22.4 Å². The first-order valence-electron chi connectivity index (χ1n) is 5.65. The summed E-state index contributed by atoms with van der Waals surface area (Å²) in [5.41, 5.74) is 2.39. The molecule has 82 valence electrons. The molecule has 1 saturated heterocycles. The molecule has 0 spiro atoms. The Kier molecular flexibility index (Phi) is 3.62. The van der Waals surface area contributed by atoms with Crippen molar-refractivity contribution >= 4 is 21.6 Å². The van der Waals surface area contributed by atoms with E-state index >= 15 is 0 Å². The maximum atomic E-state index is 4.28. The standard InChI is InChI=1S/C12H17BrN2/c1-10-12(13)11(6-7-14-10)15-8-4-2-3-5-9-15/h6-7H,2-5,8-9H2,1H3. The highest BCUT2D eigenvalue weighted by molar-refractivity contribution is 9.10. The van der Waals surface area contributed by atoms with Gasteiger partial charge in [0.15, 0.2) is 0 Å². The van der Waals surface area contributed by atoms with Gasteiger partial charge in [0, 0.05) is 19.3 Å². The molecule has 2 heterocycles. The lowest BCUT2D eigenvalue weighted by Crippen LogP contribution is -2.24. The van der Waals surface area contributed by atoms with E-state index in [1.54, 1.807) is 0 Å². The first-order valence-corrected chi connectivity index (χ1v) is 6.44. The van der Waals surface area contributed by atoms with Crippen LogP contribution < -0.4 is 4.90 Å². The molecular weight excluding hydrogens is 252 g/mol. The van der Waals surface area contributed by atoms with E-state index in [4.69, 9.17) is 0 Å². The summed E-state index contributed by atoms with van der Waals surface area (Å²) in [5, 5.41) is 0. The second kappa shape index (κ2) is 4.97. The number of anilines is 1. The van der Waals surface area contributed by atoms with Crippen molar-refractivity contribution in [1.82, 2.24) is 4.98 Å². The fraction of sp³-hybridized carbons (Fsp3) is 0.583. The number of halogens is 1. The number of aromatic nitrogens is 1. The summed E-state index contributed by atoms with van der Waals surface area (Å²) in [7, 11) is 0. The van der Waals surface area contributed by atoms with E-state index in [9.17, 15) is 0 Å². The molecule has 0 aliphatic carbocycles. The number of pyridine rings is 1. The molecule has 0 amide bonds. The van der Waals surface area contributed by atoms with Crippen LogP contribution in [0.5, 0.6) is 0 Å². The van der Waals surface area contributed by atoms with Crippen molar-refractivity contribution in [2.75, 3.05) is 18.0 Å². The lowest BCUT2D eigenvalue weighted by atomic mass is 10.2. The summed E-state index contributed by atoms with van der Waals surface area (Å²) >= 11 is 3.64. The average Bonchev–Trinajstić information content (AvgIpc) is 2.50. The molecule has 1 fully saturated rings. The van der Waals surface area contributed by atoms with Crippen LogP contribution in [-0.2, 0) is 0 Å². The van der Waals surface area contributed by atoms with Crippen molar-refractivity contribution in [3.8, 4) is 0 Å². The molecule has 2 nitrogen and oxygen atoms in total. The van der Waals surface area contributed by atoms with Crippen LogP contribution in [0.4, 0.5) is 5.69 Å². The summed E-state index contributed by atoms with van der Waals surface area (Å²) in [6, 6.07) is 2.11. The van der Waals surface area contributed by atoms with Crippen molar-refractivity contribution in [2.45, 2.75) is 32.6 Å². The zero-order valence-electron chi connectivity index (χ0n) is 9.17. The second-order valence-corrected chi connectivity index (χ2v) is 4.92. The van der Waals surface area contributed by atoms with E-state index in [0.717, 1.165) is 10.2 Å². The smallest absolute Gasteiger partial charge is 0.0621 e. The van der Waals surface area contributed by atoms with E-state index in [1.165, 1.54) is 44.5 Å². The highest BCUT2D eigenvalue weighted by atomic mass is 79.9. The highest BCUT2D eigenvalue weighted by Crippen LogP contribution is 2.29. The SMILES string of the molecule is Cc1nccc(N2CCCCCC2)c1Br. The number of hydrogen-bond donors (Lipinski definition) is 0. The van der Waals surface area contributed by atoms with Crippen molar-refractivity contribution < 1.29 is 0 Å². The molecule has 0 radical (unpaired) electrons. The van der Waals surface area contributed by atoms with Gasteiger partial charge in [-0.15, -0.1) is 0 Å². The van der Waals surface area contributed by atoms with Gasteiger partial charge in [-0.3, -0.25) is 4.98 Å². The lowest BCUT2D eigenvalue weighted by Gasteiger charge is -2.24.